The maximum Gasteiger partial charge on any atom is 0.407 e. The number of carboxylic acid groups (broad SMARTS) is 1. The fourth-order valence-electron chi connectivity index (χ4n) is 2.58. The molecule has 0 fully saturated rings. The summed E-state index contributed by atoms with van der Waals surface area (Å²) >= 11 is 0. The normalized spacial score (nSPS) is 13.1. The number of hydrogen-bond acceptors (Lipinski definition) is 2. The van der Waals surface area contributed by atoms with Crippen molar-refractivity contribution in [3.8, 4) is 0 Å². The third-order valence-corrected chi connectivity index (χ3v) is 3.76. The fraction of sp³-hybridized carbons (Fsp3) is 0.211. The summed E-state index contributed by atoms with van der Waals surface area (Å²) in [5.41, 5.74) is 1.57. The lowest BCUT2D eigenvalue weighted by Crippen LogP contribution is -2.42. The molecule has 2 aromatic carbocycles. The van der Waals surface area contributed by atoms with Gasteiger partial charge in [0.2, 0.25) is 0 Å². The average Bonchev–Trinajstić information content (AvgIpc) is 2.59. The molecule has 0 aliphatic heterocycles. The Kier molecular flexibility index (Phi) is 5.94. The van der Waals surface area contributed by atoms with Gasteiger partial charge < -0.3 is 10.2 Å². The zero-order chi connectivity index (χ0) is 16.7. The second-order valence-electron chi connectivity index (χ2n) is 5.34. The Labute approximate surface area is 136 Å². The molecule has 0 aliphatic carbocycles. The van der Waals surface area contributed by atoms with Crippen LogP contribution in [0.15, 0.2) is 73.3 Å². The van der Waals surface area contributed by atoms with Crippen LogP contribution in [-0.2, 0) is 6.54 Å². The minimum absolute atomic E-state index is 0.221. The number of amides is 1. The number of rotatable bonds is 7. The predicted molar refractivity (Wildman–Crippen MR) is 90.0 cm³/mol. The van der Waals surface area contributed by atoms with E-state index in [1.54, 1.807) is 18.2 Å². The van der Waals surface area contributed by atoms with Crippen molar-refractivity contribution in [1.29, 1.82) is 0 Å². The Hall–Kier alpha value is -2.59. The smallest absolute Gasteiger partial charge is 0.407 e. The van der Waals surface area contributed by atoms with E-state index >= 15 is 0 Å². The topological polar surface area (TPSA) is 60.8 Å². The van der Waals surface area contributed by atoms with Crippen molar-refractivity contribution < 1.29 is 15.0 Å². The SMILES string of the molecule is C=CC[C@H]([C@H](O)c1ccccc1)N(Cc1ccccc1)C(=O)O. The van der Waals surface area contributed by atoms with Crippen molar-refractivity contribution in [2.45, 2.75) is 25.1 Å². The quantitative estimate of drug-likeness (QED) is 0.764. The van der Waals surface area contributed by atoms with Gasteiger partial charge in [-0.05, 0) is 17.5 Å². The molecule has 0 spiro atoms. The van der Waals surface area contributed by atoms with Crippen LogP contribution in [0.1, 0.15) is 23.7 Å². The summed E-state index contributed by atoms with van der Waals surface area (Å²) in [6.07, 6.45) is 0.0390. The van der Waals surface area contributed by atoms with E-state index in [1.807, 2.05) is 48.5 Å². The fourth-order valence-corrected chi connectivity index (χ4v) is 2.58. The Morgan fingerprint density at radius 1 is 1.09 bits per heavy atom. The molecule has 2 N–H and O–H groups in total. The van der Waals surface area contributed by atoms with E-state index in [1.165, 1.54) is 4.90 Å². The highest BCUT2D eigenvalue weighted by Gasteiger charge is 2.29. The average molecular weight is 311 g/mol. The molecule has 0 bridgehead atoms. The molecule has 0 heterocycles. The number of aliphatic hydroxyl groups is 1. The molecule has 0 saturated carbocycles. The largest absolute Gasteiger partial charge is 0.465 e. The number of nitrogens with zero attached hydrogens (tertiary/aromatic N) is 1. The molecule has 0 aromatic heterocycles. The molecule has 2 rings (SSSR count). The minimum atomic E-state index is -1.06. The lowest BCUT2D eigenvalue weighted by molar-refractivity contribution is 0.0447. The number of aliphatic hydroxyl groups excluding tert-OH is 1. The molecular weight excluding hydrogens is 290 g/mol. The zero-order valence-corrected chi connectivity index (χ0v) is 12.9. The van der Waals surface area contributed by atoms with Crippen LogP contribution in [0.3, 0.4) is 0 Å². The van der Waals surface area contributed by atoms with Gasteiger partial charge >= 0.3 is 6.09 Å². The Bertz CT molecular complexity index is 628. The molecule has 2 atom stereocenters. The predicted octanol–water partition coefficient (Wildman–Crippen LogP) is 3.84. The van der Waals surface area contributed by atoms with E-state index in [0.29, 0.717) is 12.0 Å². The van der Waals surface area contributed by atoms with Gasteiger partial charge in [-0.1, -0.05) is 66.7 Å². The second kappa shape index (κ2) is 8.15. The van der Waals surface area contributed by atoms with Crippen LogP contribution < -0.4 is 0 Å². The number of hydrogen-bond donors (Lipinski definition) is 2. The summed E-state index contributed by atoms with van der Waals surface area (Å²) in [4.78, 5) is 13.0. The van der Waals surface area contributed by atoms with Crippen LogP contribution in [-0.4, -0.2) is 27.2 Å². The minimum Gasteiger partial charge on any atom is -0.465 e. The highest BCUT2D eigenvalue weighted by atomic mass is 16.4. The van der Waals surface area contributed by atoms with Gasteiger partial charge in [0, 0.05) is 6.54 Å². The molecule has 0 unspecified atom stereocenters. The molecule has 23 heavy (non-hydrogen) atoms. The van der Waals surface area contributed by atoms with E-state index in [-0.39, 0.29) is 6.54 Å². The standard InChI is InChI=1S/C19H21NO3/c1-2-9-17(18(21)16-12-7-4-8-13-16)20(19(22)23)14-15-10-5-3-6-11-15/h2-8,10-13,17-18,21H,1,9,14H2,(H,22,23)/t17-,18-/m1/s1. The monoisotopic (exact) mass is 311 g/mol. The molecule has 4 heteroatoms. The summed E-state index contributed by atoms with van der Waals surface area (Å²) < 4.78 is 0. The van der Waals surface area contributed by atoms with Crippen molar-refractivity contribution >= 4 is 6.09 Å². The van der Waals surface area contributed by atoms with Crippen molar-refractivity contribution in [2.24, 2.45) is 0 Å². The molecule has 1 amide bonds. The van der Waals surface area contributed by atoms with E-state index < -0.39 is 18.2 Å². The first-order valence-electron chi connectivity index (χ1n) is 7.51. The highest BCUT2D eigenvalue weighted by Crippen LogP contribution is 2.25. The van der Waals surface area contributed by atoms with Gasteiger partial charge in [0.15, 0.2) is 0 Å². The van der Waals surface area contributed by atoms with Crippen molar-refractivity contribution in [1.82, 2.24) is 4.90 Å². The number of benzene rings is 2. The third kappa shape index (κ3) is 4.44. The lowest BCUT2D eigenvalue weighted by atomic mass is 9.98. The van der Waals surface area contributed by atoms with Crippen LogP contribution in [0, 0.1) is 0 Å². The summed E-state index contributed by atoms with van der Waals surface area (Å²) in [5.74, 6) is 0. The molecule has 0 saturated heterocycles. The highest BCUT2D eigenvalue weighted by molar-refractivity contribution is 5.65. The van der Waals surface area contributed by atoms with E-state index in [0.717, 1.165) is 5.56 Å². The second-order valence-corrected chi connectivity index (χ2v) is 5.34. The maximum absolute atomic E-state index is 11.7. The first-order valence-corrected chi connectivity index (χ1v) is 7.51. The van der Waals surface area contributed by atoms with Crippen LogP contribution in [0.2, 0.25) is 0 Å². The molecular formula is C19H21NO3. The molecule has 120 valence electrons. The molecule has 2 aromatic rings. The summed E-state index contributed by atoms with van der Waals surface area (Å²) in [6.45, 7) is 3.92. The third-order valence-electron chi connectivity index (χ3n) is 3.76. The first kappa shape index (κ1) is 16.8. The van der Waals surface area contributed by atoms with E-state index in [2.05, 4.69) is 6.58 Å². The van der Waals surface area contributed by atoms with Gasteiger partial charge in [-0.25, -0.2) is 4.79 Å². The Balaban J connectivity index is 2.27. The maximum atomic E-state index is 11.7. The van der Waals surface area contributed by atoms with Gasteiger partial charge in [-0.2, -0.15) is 0 Å². The van der Waals surface area contributed by atoms with Crippen molar-refractivity contribution in [3.63, 3.8) is 0 Å². The van der Waals surface area contributed by atoms with Crippen molar-refractivity contribution in [3.05, 3.63) is 84.4 Å². The summed E-state index contributed by atoms with van der Waals surface area (Å²) in [5, 5.41) is 20.3. The molecule has 0 radical (unpaired) electrons. The first-order chi connectivity index (χ1) is 11.1. The van der Waals surface area contributed by atoms with Crippen molar-refractivity contribution in [2.75, 3.05) is 0 Å². The van der Waals surface area contributed by atoms with Gasteiger partial charge in [0.1, 0.15) is 0 Å². The summed E-state index contributed by atoms with van der Waals surface area (Å²) in [7, 11) is 0. The van der Waals surface area contributed by atoms with Gasteiger partial charge in [0.25, 0.3) is 0 Å². The van der Waals surface area contributed by atoms with Gasteiger partial charge in [0.05, 0.1) is 12.1 Å². The number of carbonyl (C=O) groups is 1. The Morgan fingerprint density at radius 2 is 1.65 bits per heavy atom. The van der Waals surface area contributed by atoms with Crippen LogP contribution in [0.4, 0.5) is 4.79 Å². The molecule has 0 aliphatic rings. The van der Waals surface area contributed by atoms with Crippen LogP contribution >= 0.6 is 0 Å². The van der Waals surface area contributed by atoms with Crippen LogP contribution in [0.25, 0.3) is 0 Å². The van der Waals surface area contributed by atoms with Gasteiger partial charge in [-0.15, -0.1) is 6.58 Å². The van der Waals surface area contributed by atoms with E-state index in [9.17, 15) is 15.0 Å². The Morgan fingerprint density at radius 3 is 2.17 bits per heavy atom. The lowest BCUT2D eigenvalue weighted by Gasteiger charge is -2.32. The summed E-state index contributed by atoms with van der Waals surface area (Å²) in [6, 6.07) is 17.9. The van der Waals surface area contributed by atoms with E-state index in [4.69, 9.17) is 0 Å². The zero-order valence-electron chi connectivity index (χ0n) is 12.9. The molecule has 4 nitrogen and oxygen atoms in total. The van der Waals surface area contributed by atoms with Gasteiger partial charge in [-0.3, -0.25) is 4.90 Å². The van der Waals surface area contributed by atoms with Crippen LogP contribution in [0.5, 0.6) is 0 Å².